The van der Waals surface area contributed by atoms with E-state index in [1.807, 2.05) is 36.4 Å². The Balaban J connectivity index is 1.60. The van der Waals surface area contributed by atoms with Crippen LogP contribution in [0.2, 0.25) is 0 Å². The molecule has 7 heteroatoms. The molecule has 0 unspecified atom stereocenters. The normalized spacial score (nSPS) is 11.8. The molecular weight excluding hydrogens is 396 g/mol. The summed E-state index contributed by atoms with van der Waals surface area (Å²) in [5, 5.41) is 7.29. The number of rotatable bonds is 5. The lowest BCUT2D eigenvalue weighted by molar-refractivity contribution is -0.155. The van der Waals surface area contributed by atoms with Gasteiger partial charge in [-0.3, -0.25) is 14.9 Å². The second kappa shape index (κ2) is 8.71. The molecule has 1 aromatic heterocycles. The molecule has 4 rings (SSSR count). The molecule has 1 heterocycles. The Bertz CT molecular complexity index is 1260. The van der Waals surface area contributed by atoms with Crippen molar-refractivity contribution in [3.8, 4) is 0 Å². The van der Waals surface area contributed by atoms with Crippen molar-refractivity contribution < 1.29 is 23.5 Å². The first-order chi connectivity index (χ1) is 15.1. The van der Waals surface area contributed by atoms with Crippen molar-refractivity contribution in [3.05, 3.63) is 84.1 Å². The van der Waals surface area contributed by atoms with E-state index >= 15 is 0 Å². The summed E-state index contributed by atoms with van der Waals surface area (Å²) in [5.74, 6) is -1.35. The topological polar surface area (TPSA) is 97.6 Å². The zero-order valence-corrected chi connectivity index (χ0v) is 16.8. The number of amides is 3. The first-order valence-corrected chi connectivity index (χ1v) is 9.71. The monoisotopic (exact) mass is 416 g/mol. The van der Waals surface area contributed by atoms with Gasteiger partial charge in [-0.2, -0.15) is 0 Å². The minimum Gasteiger partial charge on any atom is -0.464 e. The highest BCUT2D eigenvalue weighted by Crippen LogP contribution is 2.30. The lowest BCUT2D eigenvalue weighted by atomic mass is 10.0. The molecule has 0 saturated carbocycles. The maximum Gasteiger partial charge on any atom is 0.321 e. The van der Waals surface area contributed by atoms with E-state index in [0.717, 1.165) is 16.2 Å². The van der Waals surface area contributed by atoms with Gasteiger partial charge in [0.15, 0.2) is 0 Å². The summed E-state index contributed by atoms with van der Waals surface area (Å²) in [7, 11) is 1.39. The zero-order valence-electron chi connectivity index (χ0n) is 16.8. The van der Waals surface area contributed by atoms with Crippen molar-refractivity contribution in [2.45, 2.75) is 12.5 Å². The molecule has 0 aliphatic carbocycles. The molecule has 3 amide bonds. The fraction of sp³-hybridized carbons (Fsp3) is 0.125. The highest BCUT2D eigenvalue weighted by atomic mass is 16.5. The van der Waals surface area contributed by atoms with Crippen LogP contribution in [0.15, 0.2) is 77.4 Å². The van der Waals surface area contributed by atoms with E-state index < -0.39 is 24.0 Å². The molecule has 0 saturated heterocycles. The zero-order chi connectivity index (χ0) is 21.8. The molecule has 4 aromatic rings. The molecule has 2 N–H and O–H groups in total. The van der Waals surface area contributed by atoms with Gasteiger partial charge in [-0.1, -0.05) is 60.7 Å². The predicted molar refractivity (Wildman–Crippen MR) is 115 cm³/mol. The highest BCUT2D eigenvalue weighted by molar-refractivity contribution is 6.08. The summed E-state index contributed by atoms with van der Waals surface area (Å²) in [4.78, 5) is 36.9. The number of hydrogen-bond donors (Lipinski definition) is 2. The molecule has 7 nitrogen and oxygen atoms in total. The van der Waals surface area contributed by atoms with Crippen molar-refractivity contribution >= 4 is 39.6 Å². The average Bonchev–Trinajstić information content (AvgIpc) is 3.21. The molecule has 0 fully saturated rings. The molecule has 31 heavy (non-hydrogen) atoms. The van der Waals surface area contributed by atoms with Crippen LogP contribution in [0, 0.1) is 0 Å². The average molecular weight is 416 g/mol. The van der Waals surface area contributed by atoms with E-state index in [0.29, 0.717) is 16.7 Å². The van der Waals surface area contributed by atoms with Gasteiger partial charge in [0.05, 0.1) is 12.7 Å². The number of fused-ring (bicyclic) bond motifs is 3. The van der Waals surface area contributed by atoms with E-state index in [1.165, 1.54) is 13.3 Å². The summed E-state index contributed by atoms with van der Waals surface area (Å²) in [6.07, 6.45) is 0.179. The Hall–Kier alpha value is -4.13. The second-order valence-corrected chi connectivity index (χ2v) is 6.95. The third-order valence-electron chi connectivity index (χ3n) is 4.93. The fourth-order valence-electron chi connectivity index (χ4n) is 3.47. The molecule has 156 valence electrons. The standard InChI is InChI=1S/C24H20N2O5/c1-25-24(29)26-23(28)22(16-8-3-2-4-9-16)31-20(27)13-17-14-30-19-12-11-15-7-5-6-10-18(15)21(17)19/h2-12,14,22H,13H2,1H3,(H2,25,26,28,29)/t22-/m0/s1. The van der Waals surface area contributed by atoms with E-state index in [-0.39, 0.29) is 6.42 Å². The first kappa shape index (κ1) is 20.2. The molecule has 0 aliphatic heterocycles. The lowest BCUT2D eigenvalue weighted by Gasteiger charge is -2.17. The van der Waals surface area contributed by atoms with E-state index in [1.54, 1.807) is 30.3 Å². The van der Waals surface area contributed by atoms with Gasteiger partial charge in [0, 0.05) is 23.6 Å². The lowest BCUT2D eigenvalue weighted by Crippen LogP contribution is -2.41. The molecule has 1 atom stereocenters. The van der Waals surface area contributed by atoms with Gasteiger partial charge in [0.1, 0.15) is 5.58 Å². The number of urea groups is 1. The van der Waals surface area contributed by atoms with Gasteiger partial charge in [-0.15, -0.1) is 0 Å². The van der Waals surface area contributed by atoms with Crippen LogP contribution in [0.4, 0.5) is 4.79 Å². The van der Waals surface area contributed by atoms with Crippen molar-refractivity contribution in [3.63, 3.8) is 0 Å². The molecular formula is C24H20N2O5. The van der Waals surface area contributed by atoms with E-state index in [2.05, 4.69) is 10.6 Å². The SMILES string of the molecule is CNC(=O)NC(=O)[C@@H](OC(=O)Cc1coc2ccc3ccccc3c12)c1ccccc1. The van der Waals surface area contributed by atoms with E-state index in [4.69, 9.17) is 9.15 Å². The summed E-state index contributed by atoms with van der Waals surface area (Å²) in [5.41, 5.74) is 1.79. The number of esters is 1. The number of hydrogen-bond acceptors (Lipinski definition) is 5. The van der Waals surface area contributed by atoms with Crippen molar-refractivity contribution in [1.29, 1.82) is 0 Å². The van der Waals surface area contributed by atoms with Crippen molar-refractivity contribution in [1.82, 2.24) is 10.6 Å². The Labute approximate surface area is 178 Å². The van der Waals surface area contributed by atoms with Gasteiger partial charge in [0.25, 0.3) is 5.91 Å². The van der Waals surface area contributed by atoms with Crippen LogP contribution in [-0.2, 0) is 20.7 Å². The van der Waals surface area contributed by atoms with E-state index in [9.17, 15) is 14.4 Å². The number of carbonyl (C=O) groups is 3. The smallest absolute Gasteiger partial charge is 0.321 e. The maximum absolute atomic E-state index is 12.8. The maximum atomic E-state index is 12.8. The van der Waals surface area contributed by atoms with Crippen LogP contribution in [0.3, 0.4) is 0 Å². The van der Waals surface area contributed by atoms with Gasteiger partial charge in [0.2, 0.25) is 6.10 Å². The quantitative estimate of drug-likeness (QED) is 0.482. The minimum atomic E-state index is -1.26. The summed E-state index contributed by atoms with van der Waals surface area (Å²) < 4.78 is 11.1. The minimum absolute atomic E-state index is 0.0857. The fourth-order valence-corrected chi connectivity index (χ4v) is 3.47. The van der Waals surface area contributed by atoms with Gasteiger partial charge >= 0.3 is 12.0 Å². The Kier molecular flexibility index (Phi) is 5.66. The number of imide groups is 1. The number of carbonyl (C=O) groups excluding carboxylic acids is 3. The van der Waals surface area contributed by atoms with Gasteiger partial charge < -0.3 is 14.5 Å². The Morgan fingerprint density at radius 2 is 1.71 bits per heavy atom. The number of ether oxygens (including phenoxy) is 1. The second-order valence-electron chi connectivity index (χ2n) is 6.95. The van der Waals surface area contributed by atoms with Crippen LogP contribution >= 0.6 is 0 Å². The third kappa shape index (κ3) is 4.25. The molecule has 0 radical (unpaired) electrons. The summed E-state index contributed by atoms with van der Waals surface area (Å²) in [6, 6.07) is 19.5. The molecule has 0 bridgehead atoms. The van der Waals surface area contributed by atoms with Crippen LogP contribution in [-0.4, -0.2) is 25.0 Å². The van der Waals surface area contributed by atoms with Crippen LogP contribution in [0.5, 0.6) is 0 Å². The Morgan fingerprint density at radius 3 is 2.48 bits per heavy atom. The first-order valence-electron chi connectivity index (χ1n) is 9.71. The number of furan rings is 1. The number of nitrogens with one attached hydrogen (secondary N) is 2. The molecule has 0 spiro atoms. The molecule has 3 aromatic carbocycles. The Morgan fingerprint density at radius 1 is 0.968 bits per heavy atom. The largest absolute Gasteiger partial charge is 0.464 e. The van der Waals surface area contributed by atoms with Crippen molar-refractivity contribution in [2.24, 2.45) is 0 Å². The summed E-state index contributed by atoms with van der Waals surface area (Å²) >= 11 is 0. The molecule has 0 aliphatic rings. The van der Waals surface area contributed by atoms with Gasteiger partial charge in [-0.25, -0.2) is 4.79 Å². The summed E-state index contributed by atoms with van der Waals surface area (Å²) in [6.45, 7) is 0. The predicted octanol–water partition coefficient (Wildman–Crippen LogP) is 3.87. The van der Waals surface area contributed by atoms with Crippen molar-refractivity contribution in [2.75, 3.05) is 7.05 Å². The highest BCUT2D eigenvalue weighted by Gasteiger charge is 2.27. The third-order valence-corrected chi connectivity index (χ3v) is 4.93. The van der Waals surface area contributed by atoms with Crippen LogP contribution in [0.25, 0.3) is 21.7 Å². The van der Waals surface area contributed by atoms with Gasteiger partial charge in [-0.05, 0) is 16.8 Å². The van der Waals surface area contributed by atoms with Crippen LogP contribution in [0.1, 0.15) is 17.2 Å². The number of benzene rings is 3. The van der Waals surface area contributed by atoms with Crippen LogP contribution < -0.4 is 10.6 Å².